The largest absolute Gasteiger partial charge is 0.508 e. The quantitative estimate of drug-likeness (QED) is 0.0370. The molecule has 16 N–H and O–H groups in total. The van der Waals surface area contributed by atoms with Crippen LogP contribution in [0.5, 0.6) is 11.5 Å². The van der Waals surface area contributed by atoms with Gasteiger partial charge in [0.15, 0.2) is 0 Å². The number of H-pyrrole nitrogens is 1. The minimum Gasteiger partial charge on any atom is -0.508 e. The van der Waals surface area contributed by atoms with Gasteiger partial charge in [-0.3, -0.25) is 81.5 Å². The van der Waals surface area contributed by atoms with Crippen molar-refractivity contribution in [2.24, 2.45) is 17.6 Å². The van der Waals surface area contributed by atoms with Gasteiger partial charge in [-0.1, -0.05) is 181 Å². The number of hydrogen-bond acceptors (Lipinski definition) is 20. The summed E-state index contributed by atoms with van der Waals surface area (Å²) in [7, 11) is 6.36. The molecule has 15 amide bonds. The van der Waals surface area contributed by atoms with Crippen molar-refractivity contribution in [1.29, 1.82) is 0 Å². The molecular weight excluding hydrogens is 1750 g/mol. The Hall–Kier alpha value is -14.2. The first kappa shape index (κ1) is 105. The van der Waals surface area contributed by atoms with Crippen LogP contribution in [0.4, 0.5) is 0 Å². The number of benzene rings is 6. The van der Waals surface area contributed by atoms with Crippen LogP contribution >= 0.6 is 11.8 Å². The molecule has 718 valence electrons. The SMILES string of the molecule is CCCC[C@H]1C(=O)N(C)CC(=O)N[C@@H](CC(=O)O)C(=O)NC(C(C)C)C(=O)N(C)[C@@H](Cc2ccccc2)C(=O)N[C@@H](Cc2ccc(O)cc2)C(=O)N(C)[C@@H](CCC(=O)O)C(=O)N[C@@H](Cc2c[nH]c3ccccc23)C(=O)N[C@@H](Cc2ccc(O)cc2)C(=O)N[C@@H](CC(C)C)C(=O)N[C@H](C(=O)NCC(N)=O)CSCC(=O)N[C@@H](Cc2ccccc2)C(=O)N(C)[C@@H](Cc2ccccc2)C(=O)N1C. The molecule has 12 atom stereocenters. The summed E-state index contributed by atoms with van der Waals surface area (Å²) in [6.45, 7) is 6.80. The predicted octanol–water partition coefficient (Wildman–Crippen LogP) is 2.56. The number of para-hydroxylation sites is 1. The van der Waals surface area contributed by atoms with E-state index in [1.165, 1.54) is 90.6 Å². The van der Waals surface area contributed by atoms with Crippen LogP contribution in [0.15, 0.2) is 170 Å². The highest BCUT2D eigenvalue weighted by Crippen LogP contribution is 2.26. The Balaban J connectivity index is 1.25. The third-order valence-electron chi connectivity index (χ3n) is 23.0. The minimum atomic E-state index is -1.94. The lowest BCUT2D eigenvalue weighted by molar-refractivity contribution is -0.151. The van der Waals surface area contributed by atoms with Crippen molar-refractivity contribution in [2.45, 2.75) is 191 Å². The zero-order valence-electron chi connectivity index (χ0n) is 76.7. The molecule has 1 saturated heterocycles. The van der Waals surface area contributed by atoms with Crippen molar-refractivity contribution in [2.75, 3.05) is 59.8 Å². The summed E-state index contributed by atoms with van der Waals surface area (Å²) in [4.78, 5) is 258. The number of hydrogen-bond donors (Lipinski definition) is 15. The first-order valence-corrected chi connectivity index (χ1v) is 45.4. The van der Waals surface area contributed by atoms with Crippen LogP contribution in [0.2, 0.25) is 0 Å². The number of nitrogens with two attached hydrogens (primary N) is 1. The average molecular weight is 1870 g/mol. The lowest BCUT2D eigenvalue weighted by Crippen LogP contribution is -2.62. The summed E-state index contributed by atoms with van der Waals surface area (Å²) in [6.07, 6.45) is -1.92. The van der Waals surface area contributed by atoms with Gasteiger partial charge in [0.05, 0.1) is 25.3 Å². The van der Waals surface area contributed by atoms with Crippen LogP contribution in [0, 0.1) is 11.8 Å². The van der Waals surface area contributed by atoms with Gasteiger partial charge >= 0.3 is 11.9 Å². The molecule has 134 heavy (non-hydrogen) atoms. The van der Waals surface area contributed by atoms with Crippen LogP contribution in [0.1, 0.15) is 113 Å². The van der Waals surface area contributed by atoms with E-state index < -0.39 is 235 Å². The number of aromatic nitrogens is 1. The number of aromatic hydroxyl groups is 2. The molecule has 1 aliphatic rings. The number of carboxylic acids is 2. The van der Waals surface area contributed by atoms with Crippen molar-refractivity contribution in [1.82, 2.24) is 77.3 Å². The van der Waals surface area contributed by atoms with Crippen molar-refractivity contribution >= 4 is 123 Å². The number of aliphatic carboxylic acids is 2. The number of primary amides is 1. The molecule has 0 aliphatic carbocycles. The van der Waals surface area contributed by atoms with Crippen molar-refractivity contribution < 1.29 is 102 Å². The number of likely N-dealkylation sites (N-methyl/N-ethyl adjacent to an activating group) is 5. The second kappa shape index (κ2) is 51.0. The molecule has 1 aromatic heterocycles. The van der Waals surface area contributed by atoms with E-state index in [1.807, 2.05) is 6.92 Å². The summed E-state index contributed by atoms with van der Waals surface area (Å²) in [5, 5.41) is 65.9. The fraction of sp³-hybridized carbons (Fsp3) is 0.427. The Morgan fingerprint density at radius 2 is 0.896 bits per heavy atom. The van der Waals surface area contributed by atoms with Gasteiger partial charge in [0.25, 0.3) is 0 Å². The fourth-order valence-electron chi connectivity index (χ4n) is 15.6. The fourth-order valence-corrected chi connectivity index (χ4v) is 16.4. The number of unbranched alkanes of at least 4 members (excludes halogenated alkanes) is 1. The number of nitrogens with zero attached hydrogens (tertiary/aromatic N) is 5. The zero-order chi connectivity index (χ0) is 98.2. The normalized spacial score (nSPS) is 22.1. The Kier molecular flexibility index (Phi) is 40.0. The first-order valence-electron chi connectivity index (χ1n) is 44.2. The topological polar surface area (TPSA) is 537 Å². The lowest BCUT2D eigenvalue weighted by atomic mass is 9.98. The highest BCUT2D eigenvalue weighted by Gasteiger charge is 2.43. The standard InChI is InChI=1S/C96H122N16O21S/c1-11-12-32-76-94(131)108(6)53-80(116)100-71(50-83(120)121)89(126)107-84(57(4)5)96(133)111(9)77(47-59-26-18-14-19-27-59)91(128)105-73(46-62-35-39-65(114)40-36-62)93(130)109(7)75(41-42-82(118)119)90(127)104-70(49-63-51-98-67-31-23-22-30-66(63)67)88(125)103-69(44-61-33-37-64(113)38-34-61)87(124)102-68(43-56(2)3)86(123)106-74(85(122)99-52-79(97)115)54-134-55-81(117)101-72(45-58-24-16-13-17-25-58)92(129)112(10)78(95(132)110(76)8)48-60-28-20-15-21-29-60/h13-31,33-40,51,56-57,68-78,84,98,113-114H,11-12,32,41-50,52-55H2,1-10H3,(H2,97,115)(H,99,122)(H,100,116)(H,101,117)(H,102,124)(H,103,125)(H,104,127)(H,105,128)(H,106,123)(H,107,126)(H,118,119)(H,120,121)/t68-,69-,70-,71-,72-,73-,74-,75-,76-,77-,78-,84?/m0/s1. The van der Waals surface area contributed by atoms with Gasteiger partial charge in [0.1, 0.15) is 84.0 Å². The highest BCUT2D eigenvalue weighted by molar-refractivity contribution is 8.00. The summed E-state index contributed by atoms with van der Waals surface area (Å²) >= 11 is 0.807. The summed E-state index contributed by atoms with van der Waals surface area (Å²) in [5.41, 5.74) is 8.76. The predicted molar refractivity (Wildman–Crippen MR) is 498 cm³/mol. The lowest BCUT2D eigenvalue weighted by Gasteiger charge is -2.37. The number of carboxylic acid groups (broad SMARTS) is 2. The van der Waals surface area contributed by atoms with E-state index in [-0.39, 0.29) is 56.4 Å². The van der Waals surface area contributed by atoms with Gasteiger partial charge in [-0.15, -0.1) is 11.8 Å². The molecule has 0 spiro atoms. The molecule has 6 aromatic carbocycles. The maximum atomic E-state index is 15.8. The van der Waals surface area contributed by atoms with Crippen LogP contribution in [-0.4, -0.2) is 283 Å². The summed E-state index contributed by atoms with van der Waals surface area (Å²) in [6, 6.07) is 23.9. The van der Waals surface area contributed by atoms with Crippen LogP contribution in [0.25, 0.3) is 10.9 Å². The third kappa shape index (κ3) is 31.5. The van der Waals surface area contributed by atoms with Gasteiger partial charge in [-0.2, -0.15) is 0 Å². The number of amides is 15. The van der Waals surface area contributed by atoms with E-state index in [1.54, 1.807) is 135 Å². The van der Waals surface area contributed by atoms with Gasteiger partial charge in [0.2, 0.25) is 88.6 Å². The number of thioether (sulfide) groups is 1. The number of aromatic amines is 1. The number of phenols is 2. The first-order chi connectivity index (χ1) is 63.7. The smallest absolute Gasteiger partial charge is 0.305 e. The van der Waals surface area contributed by atoms with E-state index in [0.29, 0.717) is 57.1 Å². The molecule has 1 unspecified atom stereocenters. The summed E-state index contributed by atoms with van der Waals surface area (Å²) < 4.78 is 0. The molecule has 1 aliphatic heterocycles. The number of carbonyl (C=O) groups excluding carboxylic acids is 15. The van der Waals surface area contributed by atoms with Gasteiger partial charge in [0, 0.05) is 103 Å². The zero-order valence-corrected chi connectivity index (χ0v) is 77.5. The Bertz CT molecular complexity index is 5260. The molecule has 8 rings (SSSR count). The van der Waals surface area contributed by atoms with E-state index in [2.05, 4.69) is 52.8 Å². The van der Waals surface area contributed by atoms with Gasteiger partial charge < -0.3 is 103 Å². The molecule has 0 saturated carbocycles. The second-order valence-corrected chi connectivity index (χ2v) is 35.2. The third-order valence-corrected chi connectivity index (χ3v) is 24.1. The molecule has 38 heteroatoms. The van der Waals surface area contributed by atoms with Crippen LogP contribution in [-0.2, 0) is 120 Å². The molecule has 7 aromatic rings. The Morgan fingerprint density at radius 3 is 1.43 bits per heavy atom. The van der Waals surface area contributed by atoms with Crippen molar-refractivity contribution in [3.63, 3.8) is 0 Å². The molecule has 37 nitrogen and oxygen atoms in total. The molecule has 0 bridgehead atoms. The molecule has 2 heterocycles. The molecule has 1 fully saturated rings. The van der Waals surface area contributed by atoms with E-state index in [0.717, 1.165) is 43.3 Å². The van der Waals surface area contributed by atoms with Gasteiger partial charge in [-0.05, 0) is 94.8 Å². The number of nitrogens with one attached hydrogen (secondary N) is 10. The minimum absolute atomic E-state index is 0.0126. The summed E-state index contributed by atoms with van der Waals surface area (Å²) in [5.74, 6) is -20.0. The average Bonchev–Trinajstić information content (AvgIpc) is 1.69. The van der Waals surface area contributed by atoms with E-state index in [4.69, 9.17) is 5.73 Å². The monoisotopic (exact) mass is 1870 g/mol. The second-order valence-electron chi connectivity index (χ2n) is 34.2. The number of carbonyl (C=O) groups is 17. The molecular formula is C96H122N16O21S. The van der Waals surface area contributed by atoms with E-state index >= 15 is 47.9 Å². The van der Waals surface area contributed by atoms with E-state index in [9.17, 15) is 54.0 Å². The van der Waals surface area contributed by atoms with Gasteiger partial charge in [-0.25, -0.2) is 0 Å². The maximum Gasteiger partial charge on any atom is 0.305 e. The Labute approximate surface area is 781 Å². The Morgan fingerprint density at radius 1 is 0.448 bits per heavy atom. The van der Waals surface area contributed by atoms with Crippen LogP contribution in [0.3, 0.4) is 0 Å². The van der Waals surface area contributed by atoms with Crippen LogP contribution < -0.4 is 53.6 Å². The van der Waals surface area contributed by atoms with Crippen molar-refractivity contribution in [3.8, 4) is 11.5 Å². The number of fused-ring (bicyclic) bond motifs is 1. The number of rotatable bonds is 26. The molecule has 0 radical (unpaired) electrons. The maximum absolute atomic E-state index is 15.8. The number of phenolic OH excluding ortho intramolecular Hbond substituents is 2. The van der Waals surface area contributed by atoms with Crippen molar-refractivity contribution in [3.05, 3.63) is 203 Å². The highest BCUT2D eigenvalue weighted by atomic mass is 32.2.